The van der Waals surface area contributed by atoms with E-state index in [0.29, 0.717) is 5.95 Å². The summed E-state index contributed by atoms with van der Waals surface area (Å²) in [5.74, 6) is 0.0360. The number of nitrogens with one attached hydrogen (secondary N) is 1. The SMILES string of the molecule is COC(=O)CNc1nccc(-c2ccc(N(C)C)cc2)n1. The van der Waals surface area contributed by atoms with Crippen molar-refractivity contribution in [3.8, 4) is 11.3 Å². The average Bonchev–Trinajstić information content (AvgIpc) is 2.53. The van der Waals surface area contributed by atoms with Gasteiger partial charge in [0, 0.05) is 31.5 Å². The van der Waals surface area contributed by atoms with E-state index in [2.05, 4.69) is 20.0 Å². The average molecular weight is 286 g/mol. The topological polar surface area (TPSA) is 67.3 Å². The summed E-state index contributed by atoms with van der Waals surface area (Å²) in [7, 11) is 5.33. The molecular formula is C15H18N4O2. The van der Waals surface area contributed by atoms with Gasteiger partial charge in [-0.3, -0.25) is 4.79 Å². The number of rotatable bonds is 5. The molecule has 0 radical (unpaired) electrons. The molecule has 110 valence electrons. The summed E-state index contributed by atoms with van der Waals surface area (Å²) in [6.45, 7) is 0.0412. The fraction of sp³-hybridized carbons (Fsp3) is 0.267. The van der Waals surface area contributed by atoms with Crippen LogP contribution in [0.4, 0.5) is 11.6 Å². The highest BCUT2D eigenvalue weighted by Gasteiger charge is 2.05. The number of hydrogen-bond donors (Lipinski definition) is 1. The number of carbonyl (C=O) groups is 1. The highest BCUT2D eigenvalue weighted by Crippen LogP contribution is 2.21. The number of methoxy groups -OCH3 is 1. The van der Waals surface area contributed by atoms with E-state index < -0.39 is 0 Å². The van der Waals surface area contributed by atoms with Gasteiger partial charge in [0.1, 0.15) is 6.54 Å². The third-order valence-electron chi connectivity index (χ3n) is 2.95. The molecule has 2 aromatic rings. The van der Waals surface area contributed by atoms with Crippen molar-refractivity contribution in [3.05, 3.63) is 36.5 Å². The lowest BCUT2D eigenvalue weighted by Gasteiger charge is -2.12. The van der Waals surface area contributed by atoms with Crippen molar-refractivity contribution in [1.29, 1.82) is 0 Å². The van der Waals surface area contributed by atoms with Gasteiger partial charge in [0.2, 0.25) is 5.95 Å². The standard InChI is InChI=1S/C15H18N4O2/c1-19(2)12-6-4-11(5-7-12)13-8-9-16-15(18-13)17-10-14(20)21-3/h4-9H,10H2,1-3H3,(H,16,17,18). The molecule has 0 bridgehead atoms. The summed E-state index contributed by atoms with van der Waals surface area (Å²) < 4.78 is 4.56. The first kappa shape index (κ1) is 14.8. The Labute approximate surface area is 123 Å². The monoisotopic (exact) mass is 286 g/mol. The van der Waals surface area contributed by atoms with Gasteiger partial charge < -0.3 is 15.0 Å². The van der Waals surface area contributed by atoms with Crippen molar-refractivity contribution in [2.45, 2.75) is 0 Å². The highest BCUT2D eigenvalue weighted by atomic mass is 16.5. The van der Waals surface area contributed by atoms with Crippen molar-refractivity contribution in [2.24, 2.45) is 0 Å². The van der Waals surface area contributed by atoms with Gasteiger partial charge in [-0.1, -0.05) is 12.1 Å². The number of benzene rings is 1. The van der Waals surface area contributed by atoms with E-state index in [1.54, 1.807) is 6.20 Å². The van der Waals surface area contributed by atoms with Gasteiger partial charge in [0.15, 0.2) is 0 Å². The Bertz CT molecular complexity index is 611. The molecule has 2 rings (SSSR count). The van der Waals surface area contributed by atoms with Crippen molar-refractivity contribution in [3.63, 3.8) is 0 Å². The van der Waals surface area contributed by atoms with Crippen LogP contribution in [0.25, 0.3) is 11.3 Å². The number of carbonyl (C=O) groups excluding carboxylic acids is 1. The lowest BCUT2D eigenvalue weighted by Crippen LogP contribution is -2.16. The van der Waals surface area contributed by atoms with Crippen LogP contribution in [0.5, 0.6) is 0 Å². The van der Waals surface area contributed by atoms with Crippen LogP contribution in [0.3, 0.4) is 0 Å². The Morgan fingerprint density at radius 3 is 2.57 bits per heavy atom. The third-order valence-corrected chi connectivity index (χ3v) is 2.95. The lowest BCUT2D eigenvalue weighted by atomic mass is 10.1. The van der Waals surface area contributed by atoms with Crippen LogP contribution in [0, 0.1) is 0 Å². The summed E-state index contributed by atoms with van der Waals surface area (Å²) in [4.78, 5) is 21.6. The van der Waals surface area contributed by atoms with E-state index in [1.807, 2.05) is 49.3 Å². The quantitative estimate of drug-likeness (QED) is 0.845. The predicted octanol–water partition coefficient (Wildman–Crippen LogP) is 1.79. The summed E-state index contributed by atoms with van der Waals surface area (Å²) in [5, 5.41) is 2.83. The zero-order chi connectivity index (χ0) is 15.2. The minimum Gasteiger partial charge on any atom is -0.468 e. The molecule has 0 unspecified atom stereocenters. The Kier molecular flexibility index (Phi) is 4.71. The normalized spacial score (nSPS) is 10.0. The Morgan fingerprint density at radius 1 is 1.24 bits per heavy atom. The molecular weight excluding hydrogens is 268 g/mol. The largest absolute Gasteiger partial charge is 0.468 e. The van der Waals surface area contributed by atoms with Crippen molar-refractivity contribution in [2.75, 3.05) is 38.0 Å². The number of ether oxygens (including phenoxy) is 1. The zero-order valence-electron chi connectivity index (χ0n) is 12.3. The second kappa shape index (κ2) is 6.69. The van der Waals surface area contributed by atoms with E-state index in [0.717, 1.165) is 16.9 Å². The van der Waals surface area contributed by atoms with Crippen LogP contribution in [-0.2, 0) is 9.53 Å². The smallest absolute Gasteiger partial charge is 0.325 e. The Hall–Kier alpha value is -2.63. The Morgan fingerprint density at radius 2 is 1.95 bits per heavy atom. The number of aromatic nitrogens is 2. The van der Waals surface area contributed by atoms with Gasteiger partial charge in [-0.05, 0) is 18.2 Å². The predicted molar refractivity (Wildman–Crippen MR) is 82.3 cm³/mol. The molecule has 1 N–H and O–H groups in total. The van der Waals surface area contributed by atoms with Gasteiger partial charge >= 0.3 is 5.97 Å². The molecule has 0 fully saturated rings. The van der Waals surface area contributed by atoms with Crippen LogP contribution in [0.15, 0.2) is 36.5 Å². The minimum absolute atomic E-state index is 0.0412. The van der Waals surface area contributed by atoms with E-state index in [9.17, 15) is 4.79 Å². The summed E-state index contributed by atoms with van der Waals surface area (Å²) in [5.41, 5.74) is 2.91. The second-order valence-corrected chi connectivity index (χ2v) is 4.64. The maximum atomic E-state index is 11.1. The first-order valence-corrected chi connectivity index (χ1v) is 6.51. The number of esters is 1. The molecule has 21 heavy (non-hydrogen) atoms. The molecule has 0 aliphatic heterocycles. The zero-order valence-corrected chi connectivity index (χ0v) is 12.3. The third kappa shape index (κ3) is 3.92. The van der Waals surface area contributed by atoms with Crippen LogP contribution >= 0.6 is 0 Å². The van der Waals surface area contributed by atoms with Crippen molar-refractivity contribution in [1.82, 2.24) is 9.97 Å². The maximum Gasteiger partial charge on any atom is 0.325 e. The molecule has 6 heteroatoms. The van der Waals surface area contributed by atoms with Crippen LogP contribution in [0.1, 0.15) is 0 Å². The number of nitrogens with zero attached hydrogens (tertiary/aromatic N) is 3. The Balaban J connectivity index is 2.14. The molecule has 0 amide bonds. The van der Waals surface area contributed by atoms with Crippen LogP contribution < -0.4 is 10.2 Å². The van der Waals surface area contributed by atoms with E-state index in [4.69, 9.17) is 0 Å². The number of anilines is 2. The van der Waals surface area contributed by atoms with Gasteiger partial charge in [-0.15, -0.1) is 0 Å². The molecule has 0 atom stereocenters. The lowest BCUT2D eigenvalue weighted by molar-refractivity contribution is -0.138. The number of hydrogen-bond acceptors (Lipinski definition) is 6. The van der Waals surface area contributed by atoms with Crippen LogP contribution in [-0.4, -0.2) is 43.7 Å². The fourth-order valence-electron chi connectivity index (χ4n) is 1.76. The molecule has 0 spiro atoms. The van der Waals surface area contributed by atoms with Crippen molar-refractivity contribution < 1.29 is 9.53 Å². The maximum absolute atomic E-state index is 11.1. The highest BCUT2D eigenvalue weighted by molar-refractivity contribution is 5.74. The first-order chi connectivity index (χ1) is 10.1. The first-order valence-electron chi connectivity index (χ1n) is 6.51. The molecule has 0 saturated carbocycles. The molecule has 0 aliphatic carbocycles. The van der Waals surface area contributed by atoms with E-state index >= 15 is 0 Å². The fourth-order valence-corrected chi connectivity index (χ4v) is 1.76. The second-order valence-electron chi connectivity index (χ2n) is 4.64. The molecule has 1 heterocycles. The van der Waals surface area contributed by atoms with Gasteiger partial charge in [-0.2, -0.15) is 0 Å². The molecule has 1 aromatic heterocycles. The van der Waals surface area contributed by atoms with Gasteiger partial charge in [0.25, 0.3) is 0 Å². The van der Waals surface area contributed by atoms with Crippen LogP contribution in [0.2, 0.25) is 0 Å². The molecule has 0 saturated heterocycles. The van der Waals surface area contributed by atoms with Gasteiger partial charge in [-0.25, -0.2) is 9.97 Å². The summed E-state index contributed by atoms with van der Waals surface area (Å²) in [6.07, 6.45) is 1.65. The molecule has 1 aromatic carbocycles. The van der Waals surface area contributed by atoms with Crippen molar-refractivity contribution >= 4 is 17.6 Å². The van der Waals surface area contributed by atoms with Gasteiger partial charge in [0.05, 0.1) is 12.8 Å². The summed E-state index contributed by atoms with van der Waals surface area (Å²) >= 11 is 0. The van der Waals surface area contributed by atoms with E-state index in [1.165, 1.54) is 7.11 Å². The molecule has 6 nitrogen and oxygen atoms in total. The summed E-state index contributed by atoms with van der Waals surface area (Å²) in [6, 6.07) is 9.88. The minimum atomic E-state index is -0.362. The molecule has 0 aliphatic rings. The van der Waals surface area contributed by atoms with E-state index in [-0.39, 0.29) is 12.5 Å².